The van der Waals surface area contributed by atoms with Crippen molar-refractivity contribution >= 4 is 43.2 Å². The maximum atomic E-state index is 5.02. The molecule has 0 aliphatic carbocycles. The molecule has 0 saturated carbocycles. The first-order valence-corrected chi connectivity index (χ1v) is 8.98. The molecule has 1 aromatic heterocycles. The highest BCUT2D eigenvalue weighted by Crippen LogP contribution is 2.35. The maximum Gasteiger partial charge on any atom is 0.0742 e. The van der Waals surface area contributed by atoms with Crippen molar-refractivity contribution in [3.05, 3.63) is 19.2 Å². The molecule has 1 heterocycles. The molecule has 0 amide bonds. The molecule has 2 nitrogen and oxygen atoms in total. The second kappa shape index (κ2) is 8.78. The standard InChI is InChI=1S/C14H23Br2NOS/c1-14(2,6-7-17-8-9-18-3)5-4-11-10-12(15)19-13(11)16/h10,17H,4-9H2,1-3H3. The first-order chi connectivity index (χ1) is 8.94. The molecule has 0 spiro atoms. The summed E-state index contributed by atoms with van der Waals surface area (Å²) in [6.07, 6.45) is 3.54. The van der Waals surface area contributed by atoms with Gasteiger partial charge in [0.2, 0.25) is 0 Å². The third-order valence-electron chi connectivity index (χ3n) is 3.26. The van der Waals surface area contributed by atoms with Crippen LogP contribution < -0.4 is 5.32 Å². The molecule has 0 radical (unpaired) electrons. The molecule has 1 rings (SSSR count). The molecule has 110 valence electrons. The summed E-state index contributed by atoms with van der Waals surface area (Å²) >= 11 is 8.92. The van der Waals surface area contributed by atoms with E-state index in [-0.39, 0.29) is 0 Å². The fourth-order valence-electron chi connectivity index (χ4n) is 1.87. The van der Waals surface area contributed by atoms with E-state index in [0.29, 0.717) is 5.41 Å². The summed E-state index contributed by atoms with van der Waals surface area (Å²) < 4.78 is 7.48. The molecular formula is C14H23Br2NOS. The molecule has 0 bridgehead atoms. The molecule has 0 saturated heterocycles. The van der Waals surface area contributed by atoms with E-state index in [9.17, 15) is 0 Å². The minimum absolute atomic E-state index is 0.369. The Morgan fingerprint density at radius 2 is 2.00 bits per heavy atom. The van der Waals surface area contributed by atoms with Crippen LogP contribution in [-0.2, 0) is 11.2 Å². The van der Waals surface area contributed by atoms with Gasteiger partial charge in [-0.25, -0.2) is 0 Å². The van der Waals surface area contributed by atoms with E-state index < -0.39 is 0 Å². The smallest absolute Gasteiger partial charge is 0.0742 e. The third kappa shape index (κ3) is 7.23. The van der Waals surface area contributed by atoms with Gasteiger partial charge in [-0.2, -0.15) is 0 Å². The number of ether oxygens (including phenoxy) is 1. The van der Waals surface area contributed by atoms with Crippen molar-refractivity contribution in [1.82, 2.24) is 5.32 Å². The zero-order valence-corrected chi connectivity index (χ0v) is 15.9. The van der Waals surface area contributed by atoms with Gasteiger partial charge >= 0.3 is 0 Å². The zero-order valence-electron chi connectivity index (χ0n) is 11.9. The highest BCUT2D eigenvalue weighted by atomic mass is 79.9. The maximum absolute atomic E-state index is 5.02. The topological polar surface area (TPSA) is 21.3 Å². The number of thiophene rings is 1. The number of methoxy groups -OCH3 is 1. The van der Waals surface area contributed by atoms with Crippen LogP contribution in [0.4, 0.5) is 0 Å². The molecule has 1 N–H and O–H groups in total. The van der Waals surface area contributed by atoms with E-state index in [4.69, 9.17) is 4.74 Å². The van der Waals surface area contributed by atoms with Gasteiger partial charge in [-0.3, -0.25) is 0 Å². The lowest BCUT2D eigenvalue weighted by Crippen LogP contribution is -2.25. The Labute approximate surface area is 137 Å². The predicted molar refractivity (Wildman–Crippen MR) is 91.2 cm³/mol. The Morgan fingerprint density at radius 3 is 2.58 bits per heavy atom. The largest absolute Gasteiger partial charge is 0.383 e. The second-order valence-electron chi connectivity index (χ2n) is 5.51. The van der Waals surface area contributed by atoms with Gasteiger partial charge in [0.15, 0.2) is 0 Å². The average Bonchev–Trinajstić information content (AvgIpc) is 2.65. The van der Waals surface area contributed by atoms with Crippen LogP contribution >= 0.6 is 43.2 Å². The van der Waals surface area contributed by atoms with Crippen LogP contribution in [0.2, 0.25) is 0 Å². The molecular weight excluding hydrogens is 390 g/mol. The van der Waals surface area contributed by atoms with Gasteiger partial charge in [-0.1, -0.05) is 13.8 Å². The van der Waals surface area contributed by atoms with Crippen molar-refractivity contribution in [3.63, 3.8) is 0 Å². The van der Waals surface area contributed by atoms with E-state index in [0.717, 1.165) is 26.1 Å². The fourth-order valence-corrected chi connectivity index (χ4v) is 4.78. The fraction of sp³-hybridized carbons (Fsp3) is 0.714. The van der Waals surface area contributed by atoms with Crippen LogP contribution in [0, 0.1) is 5.41 Å². The van der Waals surface area contributed by atoms with Crippen LogP contribution in [0.5, 0.6) is 0 Å². The van der Waals surface area contributed by atoms with Gasteiger partial charge in [0.25, 0.3) is 0 Å². The van der Waals surface area contributed by atoms with Crippen LogP contribution in [0.25, 0.3) is 0 Å². The van der Waals surface area contributed by atoms with Crippen molar-refractivity contribution < 1.29 is 4.74 Å². The summed E-state index contributed by atoms with van der Waals surface area (Å²) in [5, 5.41) is 3.42. The molecule has 1 aromatic rings. The van der Waals surface area contributed by atoms with Gasteiger partial charge in [-0.15, -0.1) is 11.3 Å². The normalized spacial score (nSPS) is 12.1. The van der Waals surface area contributed by atoms with Gasteiger partial charge in [0.05, 0.1) is 14.2 Å². The average molecular weight is 413 g/mol. The Morgan fingerprint density at radius 1 is 1.26 bits per heavy atom. The van der Waals surface area contributed by atoms with Gasteiger partial charge in [-0.05, 0) is 74.7 Å². The molecule has 0 atom stereocenters. The minimum Gasteiger partial charge on any atom is -0.383 e. The number of rotatable bonds is 9. The Hall–Kier alpha value is 0.580. The minimum atomic E-state index is 0.369. The van der Waals surface area contributed by atoms with Crippen LogP contribution in [-0.4, -0.2) is 26.8 Å². The molecule has 0 fully saturated rings. The second-order valence-corrected chi connectivity index (χ2v) is 9.26. The summed E-state index contributed by atoms with van der Waals surface area (Å²) in [4.78, 5) is 0. The molecule has 0 aliphatic rings. The van der Waals surface area contributed by atoms with E-state index in [1.807, 2.05) is 0 Å². The van der Waals surface area contributed by atoms with E-state index in [1.54, 1.807) is 18.4 Å². The lowest BCUT2D eigenvalue weighted by molar-refractivity contribution is 0.197. The number of nitrogens with one attached hydrogen (secondary N) is 1. The van der Waals surface area contributed by atoms with Gasteiger partial charge in [0, 0.05) is 13.7 Å². The number of halogens is 2. The highest BCUT2D eigenvalue weighted by molar-refractivity contribution is 9.12. The summed E-state index contributed by atoms with van der Waals surface area (Å²) in [6.45, 7) is 7.48. The first kappa shape index (κ1) is 17.6. The van der Waals surface area contributed by atoms with Crippen molar-refractivity contribution in [2.24, 2.45) is 5.41 Å². The monoisotopic (exact) mass is 411 g/mol. The molecule has 19 heavy (non-hydrogen) atoms. The Bertz CT molecular complexity index is 380. The van der Waals surface area contributed by atoms with Crippen molar-refractivity contribution in [1.29, 1.82) is 0 Å². The summed E-state index contributed by atoms with van der Waals surface area (Å²) in [7, 11) is 1.74. The SMILES string of the molecule is COCCNCCC(C)(C)CCc1cc(Br)sc1Br. The summed E-state index contributed by atoms with van der Waals surface area (Å²) in [6, 6.07) is 2.22. The molecule has 0 unspecified atom stereocenters. The zero-order chi connectivity index (χ0) is 14.3. The third-order valence-corrected chi connectivity index (χ3v) is 5.72. The summed E-state index contributed by atoms with van der Waals surface area (Å²) in [5.74, 6) is 0. The highest BCUT2D eigenvalue weighted by Gasteiger charge is 2.18. The van der Waals surface area contributed by atoms with Crippen LogP contribution in [0.3, 0.4) is 0 Å². The predicted octanol–water partition coefficient (Wildman–Crippen LogP) is 4.86. The first-order valence-electron chi connectivity index (χ1n) is 6.58. The Kier molecular flexibility index (Phi) is 8.14. The van der Waals surface area contributed by atoms with Gasteiger partial charge < -0.3 is 10.1 Å². The lowest BCUT2D eigenvalue weighted by Gasteiger charge is -2.24. The molecule has 0 aliphatic heterocycles. The molecule has 0 aromatic carbocycles. The van der Waals surface area contributed by atoms with Crippen LogP contribution in [0.15, 0.2) is 13.6 Å². The van der Waals surface area contributed by atoms with E-state index in [2.05, 4.69) is 57.1 Å². The number of aryl methyl sites for hydroxylation is 1. The van der Waals surface area contributed by atoms with Crippen molar-refractivity contribution in [2.75, 3.05) is 26.8 Å². The van der Waals surface area contributed by atoms with Crippen molar-refractivity contribution in [2.45, 2.75) is 33.1 Å². The summed E-state index contributed by atoms with van der Waals surface area (Å²) in [5.41, 5.74) is 1.78. The van der Waals surface area contributed by atoms with Gasteiger partial charge in [0.1, 0.15) is 0 Å². The number of hydrogen-bond acceptors (Lipinski definition) is 3. The van der Waals surface area contributed by atoms with Crippen LogP contribution in [0.1, 0.15) is 32.3 Å². The van der Waals surface area contributed by atoms with E-state index >= 15 is 0 Å². The number of hydrogen-bond donors (Lipinski definition) is 1. The lowest BCUT2D eigenvalue weighted by atomic mass is 9.83. The van der Waals surface area contributed by atoms with E-state index in [1.165, 1.54) is 26.0 Å². The Balaban J connectivity index is 2.28. The quantitative estimate of drug-likeness (QED) is 0.584. The molecule has 5 heteroatoms. The van der Waals surface area contributed by atoms with Crippen molar-refractivity contribution in [3.8, 4) is 0 Å².